The SMILES string of the molecule is C=C/C(=N\NC)N1CCCC(N)(C(F)(F)F)C1.CC. The van der Waals surface area contributed by atoms with E-state index in [0.29, 0.717) is 18.8 Å². The topological polar surface area (TPSA) is 53.7 Å². The van der Waals surface area contributed by atoms with E-state index in [0.717, 1.165) is 0 Å². The molecule has 0 aromatic carbocycles. The van der Waals surface area contributed by atoms with Crippen molar-refractivity contribution in [2.24, 2.45) is 10.8 Å². The summed E-state index contributed by atoms with van der Waals surface area (Å²) in [5.74, 6) is 0.381. The third kappa shape index (κ3) is 4.41. The molecular weight excluding hydrogens is 257 g/mol. The lowest BCUT2D eigenvalue weighted by molar-refractivity contribution is -0.195. The van der Waals surface area contributed by atoms with E-state index in [1.165, 1.54) is 11.0 Å². The maximum Gasteiger partial charge on any atom is 0.408 e. The van der Waals surface area contributed by atoms with Gasteiger partial charge in [0.2, 0.25) is 0 Å². The number of nitrogens with one attached hydrogen (secondary N) is 1. The Bertz CT molecular complexity index is 315. The van der Waals surface area contributed by atoms with Crippen LogP contribution in [0.15, 0.2) is 17.8 Å². The van der Waals surface area contributed by atoms with Crippen molar-refractivity contribution in [1.82, 2.24) is 10.3 Å². The Morgan fingerprint density at radius 1 is 1.47 bits per heavy atom. The second kappa shape index (κ2) is 7.37. The Morgan fingerprint density at radius 3 is 2.47 bits per heavy atom. The van der Waals surface area contributed by atoms with Crippen LogP contribution in [0.1, 0.15) is 26.7 Å². The Labute approximate surface area is 112 Å². The molecule has 1 aliphatic rings. The molecule has 0 aliphatic carbocycles. The summed E-state index contributed by atoms with van der Waals surface area (Å²) in [6, 6.07) is 0. The molecule has 19 heavy (non-hydrogen) atoms. The highest BCUT2D eigenvalue weighted by molar-refractivity contribution is 5.92. The predicted molar refractivity (Wildman–Crippen MR) is 71.8 cm³/mol. The van der Waals surface area contributed by atoms with E-state index >= 15 is 0 Å². The van der Waals surface area contributed by atoms with Gasteiger partial charge in [0.1, 0.15) is 11.4 Å². The number of halogens is 3. The summed E-state index contributed by atoms with van der Waals surface area (Å²) in [5.41, 5.74) is 5.81. The fourth-order valence-corrected chi connectivity index (χ4v) is 1.87. The normalized spacial score (nSPS) is 24.4. The Kier molecular flexibility index (Phi) is 6.89. The van der Waals surface area contributed by atoms with E-state index in [4.69, 9.17) is 5.73 Å². The van der Waals surface area contributed by atoms with Gasteiger partial charge in [-0.05, 0) is 18.9 Å². The lowest BCUT2D eigenvalue weighted by atomic mass is 9.89. The van der Waals surface area contributed by atoms with E-state index in [2.05, 4.69) is 17.1 Å². The molecule has 1 fully saturated rings. The molecule has 0 spiro atoms. The van der Waals surface area contributed by atoms with Gasteiger partial charge in [0.15, 0.2) is 0 Å². The van der Waals surface area contributed by atoms with Gasteiger partial charge in [0.05, 0.1) is 0 Å². The number of rotatable bonds is 2. The zero-order chi connectivity index (χ0) is 15.1. The van der Waals surface area contributed by atoms with Gasteiger partial charge in [-0.1, -0.05) is 20.4 Å². The molecule has 0 radical (unpaired) electrons. The van der Waals surface area contributed by atoms with Crippen LogP contribution in [0.5, 0.6) is 0 Å². The molecule has 0 aromatic rings. The summed E-state index contributed by atoms with van der Waals surface area (Å²) >= 11 is 0. The van der Waals surface area contributed by atoms with Gasteiger partial charge < -0.3 is 16.1 Å². The highest BCUT2D eigenvalue weighted by atomic mass is 19.4. The van der Waals surface area contributed by atoms with Gasteiger partial charge in [-0.2, -0.15) is 18.3 Å². The lowest BCUT2D eigenvalue weighted by Crippen LogP contribution is -2.63. The number of amidine groups is 1. The van der Waals surface area contributed by atoms with Crippen LogP contribution in [0.25, 0.3) is 0 Å². The molecule has 0 bridgehead atoms. The lowest BCUT2D eigenvalue weighted by Gasteiger charge is -2.41. The van der Waals surface area contributed by atoms with Crippen LogP contribution >= 0.6 is 0 Å². The number of alkyl halides is 3. The van der Waals surface area contributed by atoms with Crippen molar-refractivity contribution >= 4 is 5.84 Å². The third-order valence-electron chi connectivity index (χ3n) is 2.82. The van der Waals surface area contributed by atoms with Gasteiger partial charge in [-0.3, -0.25) is 0 Å². The number of hydrogen-bond donors (Lipinski definition) is 2. The van der Waals surface area contributed by atoms with Crippen LogP contribution in [0.3, 0.4) is 0 Å². The van der Waals surface area contributed by atoms with Crippen molar-refractivity contribution in [3.63, 3.8) is 0 Å². The first-order valence-electron chi connectivity index (χ1n) is 6.31. The van der Waals surface area contributed by atoms with Crippen molar-refractivity contribution in [3.8, 4) is 0 Å². The molecule has 0 amide bonds. The molecular formula is C12H23F3N4. The van der Waals surface area contributed by atoms with Crippen molar-refractivity contribution in [3.05, 3.63) is 12.7 Å². The average molecular weight is 280 g/mol. The smallest absolute Gasteiger partial charge is 0.353 e. The molecule has 1 unspecified atom stereocenters. The highest BCUT2D eigenvalue weighted by Gasteiger charge is 2.53. The van der Waals surface area contributed by atoms with Crippen molar-refractivity contribution in [2.75, 3.05) is 20.1 Å². The van der Waals surface area contributed by atoms with Crippen LogP contribution in [-0.4, -0.2) is 42.6 Å². The molecule has 0 saturated carbocycles. The van der Waals surface area contributed by atoms with Crippen LogP contribution < -0.4 is 11.2 Å². The van der Waals surface area contributed by atoms with Gasteiger partial charge >= 0.3 is 6.18 Å². The fourth-order valence-electron chi connectivity index (χ4n) is 1.87. The molecule has 0 aromatic heterocycles. The van der Waals surface area contributed by atoms with E-state index in [1.54, 1.807) is 7.05 Å². The van der Waals surface area contributed by atoms with Gasteiger partial charge in [0.25, 0.3) is 0 Å². The first-order chi connectivity index (χ1) is 8.84. The number of nitrogens with zero attached hydrogens (tertiary/aromatic N) is 2. The first kappa shape index (κ1) is 17.8. The minimum absolute atomic E-state index is 0.0586. The minimum Gasteiger partial charge on any atom is -0.353 e. The summed E-state index contributed by atoms with van der Waals surface area (Å²) in [6.45, 7) is 7.74. The van der Waals surface area contributed by atoms with Crippen LogP contribution in [-0.2, 0) is 0 Å². The minimum atomic E-state index is -4.41. The van der Waals surface area contributed by atoms with Gasteiger partial charge in [-0.15, -0.1) is 0 Å². The zero-order valence-electron chi connectivity index (χ0n) is 11.7. The van der Waals surface area contributed by atoms with Crippen molar-refractivity contribution in [2.45, 2.75) is 38.4 Å². The van der Waals surface area contributed by atoms with E-state index in [1.807, 2.05) is 13.8 Å². The molecule has 1 atom stereocenters. The van der Waals surface area contributed by atoms with E-state index < -0.39 is 11.7 Å². The molecule has 112 valence electrons. The highest BCUT2D eigenvalue weighted by Crippen LogP contribution is 2.35. The molecule has 1 aliphatic heterocycles. The number of likely N-dealkylation sites (tertiary alicyclic amines) is 1. The Hall–Kier alpha value is -1.24. The molecule has 1 rings (SSSR count). The summed E-state index contributed by atoms with van der Waals surface area (Å²) in [7, 11) is 1.58. The Morgan fingerprint density at radius 2 is 2.05 bits per heavy atom. The number of hydrogen-bond acceptors (Lipinski definition) is 3. The monoisotopic (exact) mass is 280 g/mol. The summed E-state index contributed by atoms with van der Waals surface area (Å²) in [4.78, 5) is 1.50. The number of hydrazone groups is 1. The largest absolute Gasteiger partial charge is 0.408 e. The number of piperidine rings is 1. The van der Waals surface area contributed by atoms with Gasteiger partial charge in [-0.25, -0.2) is 0 Å². The van der Waals surface area contributed by atoms with Crippen LogP contribution in [0, 0.1) is 0 Å². The van der Waals surface area contributed by atoms with Crippen molar-refractivity contribution in [1.29, 1.82) is 0 Å². The van der Waals surface area contributed by atoms with Crippen LogP contribution in [0.4, 0.5) is 13.2 Å². The maximum absolute atomic E-state index is 12.8. The summed E-state index contributed by atoms with van der Waals surface area (Å²) in [5, 5.41) is 3.87. The standard InChI is InChI=1S/C10H17F3N4.C2H6/c1-3-8(16-15-2)17-6-4-5-9(14,7-17)10(11,12)13;1-2/h3,15H,1,4-7,14H2,2H3;1-2H3/b16-8+;. The molecule has 1 heterocycles. The van der Waals surface area contributed by atoms with E-state index in [9.17, 15) is 13.2 Å². The second-order valence-corrected chi connectivity index (χ2v) is 4.08. The molecule has 3 N–H and O–H groups in total. The quantitative estimate of drug-likeness (QED) is 0.462. The van der Waals surface area contributed by atoms with Gasteiger partial charge in [0, 0.05) is 20.1 Å². The zero-order valence-corrected chi connectivity index (χ0v) is 11.7. The molecule has 1 saturated heterocycles. The Balaban J connectivity index is 0.00000154. The molecule has 4 nitrogen and oxygen atoms in total. The third-order valence-corrected chi connectivity index (χ3v) is 2.82. The van der Waals surface area contributed by atoms with E-state index in [-0.39, 0.29) is 13.0 Å². The predicted octanol–water partition coefficient (Wildman–Crippen LogP) is 2.09. The first-order valence-corrected chi connectivity index (χ1v) is 6.31. The maximum atomic E-state index is 12.8. The second-order valence-electron chi connectivity index (χ2n) is 4.08. The summed E-state index contributed by atoms with van der Waals surface area (Å²) < 4.78 is 38.5. The van der Waals surface area contributed by atoms with Crippen LogP contribution in [0.2, 0.25) is 0 Å². The van der Waals surface area contributed by atoms with Crippen molar-refractivity contribution < 1.29 is 13.2 Å². The average Bonchev–Trinajstić information content (AvgIpc) is 2.37. The summed E-state index contributed by atoms with van der Waals surface area (Å²) in [6.07, 6.45) is -2.67. The molecule has 7 heteroatoms. The fraction of sp³-hybridized carbons (Fsp3) is 0.750. The number of nitrogens with two attached hydrogens (primary N) is 1.